The lowest BCUT2D eigenvalue weighted by Crippen LogP contribution is -2.38. The summed E-state index contributed by atoms with van der Waals surface area (Å²) >= 11 is 4.19. The largest absolute Gasteiger partial charge is 0.361 e. The smallest absolute Gasteiger partial charge is 0.360 e. The van der Waals surface area contributed by atoms with Gasteiger partial charge in [0.25, 0.3) is 0 Å². The predicted octanol–water partition coefficient (Wildman–Crippen LogP) is 1.08. The van der Waals surface area contributed by atoms with Gasteiger partial charge in [0.1, 0.15) is 0 Å². The molecule has 0 saturated heterocycles. The minimum Gasteiger partial charge on any atom is -0.361 e. The second kappa shape index (κ2) is 6.75. The van der Waals surface area contributed by atoms with Crippen LogP contribution in [0.15, 0.2) is 0 Å². The van der Waals surface area contributed by atoms with Crippen LogP contribution in [0.25, 0.3) is 0 Å². The molecular weight excluding hydrogens is 230 g/mol. The third-order valence-corrected chi connectivity index (χ3v) is 1.73. The number of carbonyl (C=O) groups is 2. The van der Waals surface area contributed by atoms with Gasteiger partial charge in [0.15, 0.2) is 6.10 Å². The average molecular weight is 249 g/mol. The molecule has 0 saturated carbocycles. The van der Waals surface area contributed by atoms with E-state index < -0.39 is 17.7 Å². The average Bonchev–Trinajstić information content (AvgIpc) is 2.10. The molecule has 5 nitrogen and oxygen atoms in total. The van der Waals surface area contributed by atoms with E-state index >= 15 is 0 Å². The molecule has 1 N–H and O–H groups in total. The Morgan fingerprint density at radius 3 is 2.44 bits per heavy atom. The van der Waals surface area contributed by atoms with Crippen LogP contribution in [-0.4, -0.2) is 29.3 Å². The summed E-state index contributed by atoms with van der Waals surface area (Å²) in [4.78, 5) is 26.0. The summed E-state index contributed by atoms with van der Waals surface area (Å²) in [6.45, 7) is 7.36. The Morgan fingerprint density at radius 2 is 2.06 bits per heavy atom. The van der Waals surface area contributed by atoms with Crippen LogP contribution in [0.2, 0.25) is 0 Å². The van der Waals surface area contributed by atoms with Gasteiger partial charge in [-0.25, -0.2) is 4.79 Å². The van der Waals surface area contributed by atoms with Crippen molar-refractivity contribution in [3.05, 3.63) is 0 Å². The fourth-order valence-electron chi connectivity index (χ4n) is 1.08. The summed E-state index contributed by atoms with van der Waals surface area (Å²) in [7, 11) is 0. The molecule has 94 valence electrons. The Kier molecular flexibility index (Phi) is 6.43. The van der Waals surface area contributed by atoms with Crippen LogP contribution < -0.4 is 5.48 Å². The molecule has 0 bridgehead atoms. The van der Waals surface area contributed by atoms with E-state index in [2.05, 4.69) is 17.5 Å². The number of thiol groups is 1. The normalized spacial score (nSPS) is 15.1. The van der Waals surface area contributed by atoms with E-state index in [0.717, 1.165) is 0 Å². The van der Waals surface area contributed by atoms with E-state index in [1.807, 2.05) is 33.2 Å². The van der Waals surface area contributed by atoms with Crippen LogP contribution in [0.4, 0.5) is 0 Å². The molecule has 0 heterocycles. The number of hydroxylamine groups is 1. The van der Waals surface area contributed by atoms with Crippen molar-refractivity contribution in [1.82, 2.24) is 5.48 Å². The first-order valence-electron chi connectivity index (χ1n) is 5.02. The molecule has 0 aliphatic rings. The van der Waals surface area contributed by atoms with Crippen LogP contribution in [0.5, 0.6) is 0 Å². The van der Waals surface area contributed by atoms with Gasteiger partial charge in [-0.1, -0.05) is 6.92 Å². The van der Waals surface area contributed by atoms with Crippen molar-refractivity contribution in [1.29, 1.82) is 0 Å². The van der Waals surface area contributed by atoms with Gasteiger partial charge < -0.3 is 9.57 Å². The predicted molar refractivity (Wildman–Crippen MR) is 63.0 cm³/mol. The molecule has 0 fully saturated rings. The maximum Gasteiger partial charge on any atom is 0.360 e. The fraction of sp³-hybridized carbons (Fsp3) is 0.800. The van der Waals surface area contributed by atoms with Crippen LogP contribution >= 0.6 is 12.6 Å². The van der Waals surface area contributed by atoms with Gasteiger partial charge in [-0.05, 0) is 27.2 Å². The molecule has 2 atom stereocenters. The molecule has 0 aromatic carbocycles. The summed E-state index contributed by atoms with van der Waals surface area (Å²) in [5.74, 6) is -0.622. The molecule has 16 heavy (non-hydrogen) atoms. The highest BCUT2D eigenvalue weighted by atomic mass is 32.1. The van der Waals surface area contributed by atoms with Crippen LogP contribution in [0.3, 0.4) is 0 Å². The summed E-state index contributed by atoms with van der Waals surface area (Å²) in [5.41, 5.74) is 1.39. The second-order valence-corrected chi connectivity index (χ2v) is 5.34. The molecule has 2 unspecified atom stereocenters. The highest BCUT2D eigenvalue weighted by molar-refractivity contribution is 7.80. The van der Waals surface area contributed by atoms with Crippen LogP contribution in [0.1, 0.15) is 34.1 Å². The second-order valence-electron chi connectivity index (χ2n) is 4.46. The standard InChI is InChI=1S/C10H19NO4S/c1-7(16)5-8(14-10(2,3)4)9(13)15-11-6-12/h6-8,16H,5H2,1-4H3,(H,11,12). The maximum absolute atomic E-state index is 11.5. The first-order valence-corrected chi connectivity index (χ1v) is 5.53. The quantitative estimate of drug-likeness (QED) is 0.420. The van der Waals surface area contributed by atoms with Crippen molar-refractivity contribution in [2.24, 2.45) is 0 Å². The monoisotopic (exact) mass is 249 g/mol. The Balaban J connectivity index is 4.40. The minimum atomic E-state index is -0.736. The van der Waals surface area contributed by atoms with Crippen molar-refractivity contribution in [3.8, 4) is 0 Å². The zero-order chi connectivity index (χ0) is 12.8. The summed E-state index contributed by atoms with van der Waals surface area (Å²) in [5, 5.41) is -0.00358. The SMILES string of the molecule is CC(S)CC(OC(C)(C)C)C(=O)ONC=O. The minimum absolute atomic E-state index is 0.00358. The molecule has 0 rings (SSSR count). The number of rotatable bonds is 6. The molecule has 6 heteroatoms. The molecule has 1 amide bonds. The lowest BCUT2D eigenvalue weighted by atomic mass is 10.1. The third-order valence-electron chi connectivity index (χ3n) is 1.52. The molecule has 0 aromatic heterocycles. The Morgan fingerprint density at radius 1 is 1.50 bits per heavy atom. The molecule has 0 spiro atoms. The Labute approximate surface area is 101 Å². The highest BCUT2D eigenvalue weighted by Crippen LogP contribution is 2.17. The molecule has 0 radical (unpaired) electrons. The molecule has 0 aromatic rings. The van der Waals surface area contributed by atoms with Gasteiger partial charge in [-0.15, -0.1) is 0 Å². The van der Waals surface area contributed by atoms with E-state index in [0.29, 0.717) is 6.42 Å². The van der Waals surface area contributed by atoms with E-state index in [1.165, 1.54) is 0 Å². The number of amides is 1. The van der Waals surface area contributed by atoms with E-state index in [1.54, 1.807) is 0 Å². The van der Waals surface area contributed by atoms with Gasteiger partial charge in [0, 0.05) is 5.25 Å². The topological polar surface area (TPSA) is 64.6 Å². The van der Waals surface area contributed by atoms with Gasteiger partial charge in [-0.3, -0.25) is 4.79 Å². The first kappa shape index (κ1) is 15.2. The van der Waals surface area contributed by atoms with E-state index in [-0.39, 0.29) is 11.7 Å². The number of hydrogen-bond donors (Lipinski definition) is 2. The summed E-state index contributed by atoms with van der Waals surface area (Å²) in [6.07, 6.45) is -0.0319. The van der Waals surface area contributed by atoms with Gasteiger partial charge in [-0.2, -0.15) is 18.1 Å². The zero-order valence-electron chi connectivity index (χ0n) is 10.0. The summed E-state index contributed by atoms with van der Waals surface area (Å²) < 4.78 is 5.53. The van der Waals surface area contributed by atoms with Crippen molar-refractivity contribution < 1.29 is 19.2 Å². The number of nitrogens with one attached hydrogen (secondary N) is 1. The lowest BCUT2D eigenvalue weighted by molar-refractivity contribution is -0.175. The molecule has 0 aliphatic carbocycles. The number of ether oxygens (including phenoxy) is 1. The van der Waals surface area contributed by atoms with E-state index in [9.17, 15) is 9.59 Å². The Bertz CT molecular complexity index is 237. The van der Waals surface area contributed by atoms with Crippen molar-refractivity contribution in [2.45, 2.75) is 51.1 Å². The molecule has 0 aliphatic heterocycles. The lowest BCUT2D eigenvalue weighted by Gasteiger charge is -2.26. The van der Waals surface area contributed by atoms with Crippen molar-refractivity contribution >= 4 is 25.0 Å². The van der Waals surface area contributed by atoms with Crippen molar-refractivity contribution in [3.63, 3.8) is 0 Å². The zero-order valence-corrected chi connectivity index (χ0v) is 10.9. The van der Waals surface area contributed by atoms with Gasteiger partial charge in [0.2, 0.25) is 6.41 Å². The maximum atomic E-state index is 11.5. The number of carbonyl (C=O) groups excluding carboxylic acids is 2. The highest BCUT2D eigenvalue weighted by Gasteiger charge is 2.28. The van der Waals surface area contributed by atoms with Gasteiger partial charge >= 0.3 is 5.97 Å². The molecular formula is C10H19NO4S. The first-order chi connectivity index (χ1) is 7.26. The Hall–Kier alpha value is -0.750. The third kappa shape index (κ3) is 7.53. The van der Waals surface area contributed by atoms with Crippen LogP contribution in [0, 0.1) is 0 Å². The summed E-state index contributed by atoms with van der Waals surface area (Å²) in [6, 6.07) is 0. The van der Waals surface area contributed by atoms with Crippen molar-refractivity contribution in [2.75, 3.05) is 0 Å². The van der Waals surface area contributed by atoms with Gasteiger partial charge in [0.05, 0.1) is 5.60 Å². The number of hydrogen-bond acceptors (Lipinski definition) is 5. The van der Waals surface area contributed by atoms with Crippen LogP contribution in [-0.2, 0) is 19.2 Å². The van der Waals surface area contributed by atoms with E-state index in [4.69, 9.17) is 4.74 Å². The fourth-order valence-corrected chi connectivity index (χ4v) is 1.27.